The molecule has 3 saturated heterocycles. The topological polar surface area (TPSA) is 307 Å². The Morgan fingerprint density at radius 1 is 0.349 bits per heavy atom. The fraction of sp³-hybridized carbons (Fsp3) is 0.805. The van der Waals surface area contributed by atoms with Crippen molar-refractivity contribution in [1.82, 2.24) is 5.32 Å². The first-order chi connectivity index (χ1) is 51.8. The number of nitrogens with one attached hydrogen (secondary N) is 1. The predicted octanol–water partition coefficient (Wildman–Crippen LogP) is 15.1. The first kappa shape index (κ1) is 96.9. The Kier molecular flexibility index (Phi) is 60.6. The van der Waals surface area contributed by atoms with Gasteiger partial charge in [-0.1, -0.05) is 329 Å². The normalized spacial score (nSPS) is 26.1. The number of carbonyl (C=O) groups is 1. The Hall–Kier alpha value is -3.29. The van der Waals surface area contributed by atoms with Gasteiger partial charge in [0.05, 0.1) is 38.6 Å². The highest BCUT2D eigenvalue weighted by atomic mass is 16.8. The van der Waals surface area contributed by atoms with E-state index in [4.69, 9.17) is 28.4 Å². The second kappa shape index (κ2) is 66.3. The van der Waals surface area contributed by atoms with Crippen molar-refractivity contribution < 1.29 is 89.4 Å². The lowest BCUT2D eigenvalue weighted by atomic mass is 9.96. The molecule has 3 rings (SSSR count). The molecule has 17 atom stereocenters. The first-order valence-corrected chi connectivity index (χ1v) is 42.5. The monoisotopic (exact) mass is 1500 g/mol. The first-order valence-electron chi connectivity index (χ1n) is 42.5. The van der Waals surface area contributed by atoms with Crippen LogP contribution < -0.4 is 5.32 Å². The number of rotatable bonds is 67. The van der Waals surface area contributed by atoms with Crippen molar-refractivity contribution in [1.29, 1.82) is 0 Å². The molecule has 17 unspecified atom stereocenters. The number of amides is 1. The largest absolute Gasteiger partial charge is 0.394 e. The molecule has 3 fully saturated rings. The van der Waals surface area contributed by atoms with Gasteiger partial charge in [0.1, 0.15) is 73.2 Å². The molecule has 0 bridgehead atoms. The summed E-state index contributed by atoms with van der Waals surface area (Å²) >= 11 is 0. The van der Waals surface area contributed by atoms with Gasteiger partial charge in [0.25, 0.3) is 0 Å². The fourth-order valence-corrected chi connectivity index (χ4v) is 13.9. The second-order valence-electron chi connectivity index (χ2n) is 29.9. The lowest BCUT2D eigenvalue weighted by Crippen LogP contribution is -2.66. The van der Waals surface area contributed by atoms with Gasteiger partial charge in [-0.25, -0.2) is 0 Å². The minimum Gasteiger partial charge on any atom is -0.394 e. The van der Waals surface area contributed by atoms with Crippen LogP contribution in [0.2, 0.25) is 0 Å². The predicted molar refractivity (Wildman–Crippen MR) is 424 cm³/mol. The molecule has 19 heteroatoms. The summed E-state index contributed by atoms with van der Waals surface area (Å²) in [5.41, 5.74) is 0. The van der Waals surface area contributed by atoms with Crippen molar-refractivity contribution in [2.75, 3.05) is 26.4 Å². The molecular formula is C87H153NO18. The summed E-state index contributed by atoms with van der Waals surface area (Å²) in [6, 6.07) is -0.978. The molecule has 0 spiro atoms. The Balaban J connectivity index is 1.33. The molecule has 3 aliphatic rings. The average Bonchev–Trinajstić information content (AvgIpc) is 0.780. The highest BCUT2D eigenvalue weighted by Gasteiger charge is 2.54. The van der Waals surface area contributed by atoms with E-state index in [1.807, 2.05) is 6.08 Å². The summed E-state index contributed by atoms with van der Waals surface area (Å²) in [5.74, 6) is -0.274. The molecule has 0 radical (unpaired) electrons. The molecule has 3 aliphatic heterocycles. The number of hydrogen-bond acceptors (Lipinski definition) is 18. The SMILES string of the molecule is CC/C=C\C/C=C\C/C=C\C/C=C\C/C=C\C/C=C\C/C=C\CCCCCCCCCCCCCCCCCCCC(=O)NC(COC1OC(CO)C(OC2OC(CO)C(OC3OC(CO)C(O)C(O)C3O)C(O)C2O)C(O)C1O)C(O)/C=C/CCCCCCCCCCCCCCCCCCCCCC. The number of hydrogen-bond donors (Lipinski definition) is 12. The zero-order valence-corrected chi connectivity index (χ0v) is 65.9. The lowest BCUT2D eigenvalue weighted by Gasteiger charge is -2.48. The number of unbranched alkanes of at least 4 members (excludes halogenated alkanes) is 37. The van der Waals surface area contributed by atoms with E-state index in [-0.39, 0.29) is 18.9 Å². The second-order valence-corrected chi connectivity index (χ2v) is 29.9. The molecule has 0 aliphatic carbocycles. The standard InChI is InChI=1S/C87H153NO18/c1-3-5-7-9-11-13-15-17-19-21-23-25-27-28-29-30-31-32-33-34-35-36-37-38-39-40-41-42-43-45-47-49-51-53-55-57-59-61-63-65-75(93)88-70(71(92)64-62-60-58-56-54-52-50-48-46-44-26-24-22-20-18-16-14-12-10-8-6-4-2)69-101-85-81(99)78(96)83(73(67-90)103-85)106-87-82(100)79(97)84(74(68-91)104-87)105-86-80(98)77(95)76(94)72(66-89)102-86/h5,7,11,13,17,19,23,25,28-29,31-32,34-35,62,64,70-74,76-87,89-92,94-100H,3-4,6,8-10,12,14-16,18,20-22,24,26-27,30,33,36-61,63,65-69H2,1-2H3,(H,88,93)/b7-5-,13-11-,19-17-,25-23-,29-28-,32-31-,35-34-,64-62+. The average molecular weight is 1500 g/mol. The zero-order chi connectivity index (χ0) is 76.7. The van der Waals surface area contributed by atoms with Gasteiger partial charge in [-0.05, 0) is 77.0 Å². The Bertz CT molecular complexity index is 2290. The van der Waals surface area contributed by atoms with E-state index in [9.17, 15) is 61.0 Å². The molecule has 0 aromatic rings. The summed E-state index contributed by atoms with van der Waals surface area (Å²) in [6.07, 6.45) is 63.9. The van der Waals surface area contributed by atoms with Gasteiger partial charge >= 0.3 is 0 Å². The number of ether oxygens (including phenoxy) is 6. The van der Waals surface area contributed by atoms with Crippen molar-refractivity contribution in [2.45, 2.75) is 420 Å². The Morgan fingerprint density at radius 2 is 0.651 bits per heavy atom. The van der Waals surface area contributed by atoms with Crippen LogP contribution in [-0.4, -0.2) is 193 Å². The van der Waals surface area contributed by atoms with E-state index in [0.717, 1.165) is 89.9 Å². The van der Waals surface area contributed by atoms with E-state index < -0.39 is 124 Å². The van der Waals surface area contributed by atoms with Gasteiger partial charge in [0, 0.05) is 6.42 Å². The maximum atomic E-state index is 13.5. The number of aliphatic hydroxyl groups excluding tert-OH is 11. The number of allylic oxidation sites excluding steroid dienone is 15. The smallest absolute Gasteiger partial charge is 0.220 e. The van der Waals surface area contributed by atoms with Crippen molar-refractivity contribution in [2.24, 2.45) is 0 Å². The van der Waals surface area contributed by atoms with Crippen LogP contribution in [-0.2, 0) is 33.2 Å². The Morgan fingerprint density at radius 3 is 1.02 bits per heavy atom. The fourth-order valence-electron chi connectivity index (χ4n) is 13.9. The molecule has 12 N–H and O–H groups in total. The molecule has 0 aromatic carbocycles. The van der Waals surface area contributed by atoms with Gasteiger partial charge in [0.2, 0.25) is 5.91 Å². The van der Waals surface area contributed by atoms with Crippen molar-refractivity contribution >= 4 is 5.91 Å². The van der Waals surface area contributed by atoms with Crippen LogP contribution in [0.1, 0.15) is 316 Å². The van der Waals surface area contributed by atoms with Crippen molar-refractivity contribution in [3.8, 4) is 0 Å². The van der Waals surface area contributed by atoms with Crippen LogP contribution >= 0.6 is 0 Å². The highest BCUT2D eigenvalue weighted by molar-refractivity contribution is 5.76. The summed E-state index contributed by atoms with van der Waals surface area (Å²) in [4.78, 5) is 13.5. The number of aliphatic hydroxyl groups is 11. The minimum absolute atomic E-state index is 0.241. The maximum Gasteiger partial charge on any atom is 0.220 e. The zero-order valence-electron chi connectivity index (χ0n) is 65.9. The van der Waals surface area contributed by atoms with E-state index >= 15 is 0 Å². The third-order valence-corrected chi connectivity index (χ3v) is 20.6. The van der Waals surface area contributed by atoms with Crippen LogP contribution in [0.25, 0.3) is 0 Å². The summed E-state index contributed by atoms with van der Waals surface area (Å²) in [7, 11) is 0. The van der Waals surface area contributed by atoms with Gasteiger partial charge in [-0.15, -0.1) is 0 Å². The molecule has 0 saturated carbocycles. The van der Waals surface area contributed by atoms with E-state index in [1.54, 1.807) is 6.08 Å². The molecule has 614 valence electrons. The third-order valence-electron chi connectivity index (χ3n) is 20.6. The summed E-state index contributed by atoms with van der Waals surface area (Å²) in [5, 5.41) is 121. The molecule has 19 nitrogen and oxygen atoms in total. The van der Waals surface area contributed by atoms with Gasteiger partial charge in [-0.3, -0.25) is 4.79 Å². The van der Waals surface area contributed by atoms with E-state index in [2.05, 4.69) is 104 Å². The Labute approximate surface area is 641 Å². The van der Waals surface area contributed by atoms with Crippen molar-refractivity contribution in [3.63, 3.8) is 0 Å². The third kappa shape index (κ3) is 45.3. The van der Waals surface area contributed by atoms with Crippen LogP contribution in [0.3, 0.4) is 0 Å². The van der Waals surface area contributed by atoms with Gasteiger partial charge in [-0.2, -0.15) is 0 Å². The van der Waals surface area contributed by atoms with Crippen LogP contribution in [0.5, 0.6) is 0 Å². The summed E-state index contributed by atoms with van der Waals surface area (Å²) in [6.45, 7) is 1.65. The van der Waals surface area contributed by atoms with Crippen LogP contribution in [0, 0.1) is 0 Å². The minimum atomic E-state index is -1.98. The van der Waals surface area contributed by atoms with E-state index in [1.165, 1.54) is 199 Å². The molecule has 1 amide bonds. The van der Waals surface area contributed by atoms with Crippen LogP contribution in [0.15, 0.2) is 97.2 Å². The molecule has 3 heterocycles. The van der Waals surface area contributed by atoms with Crippen LogP contribution in [0.4, 0.5) is 0 Å². The quantitative estimate of drug-likeness (QED) is 0.0199. The molecule has 0 aromatic heterocycles. The van der Waals surface area contributed by atoms with E-state index in [0.29, 0.717) is 6.42 Å². The molecular weight excluding hydrogens is 1350 g/mol. The van der Waals surface area contributed by atoms with Gasteiger partial charge < -0.3 is 89.9 Å². The van der Waals surface area contributed by atoms with Gasteiger partial charge in [0.15, 0.2) is 18.9 Å². The van der Waals surface area contributed by atoms with Crippen molar-refractivity contribution in [3.05, 3.63) is 97.2 Å². The number of carbonyl (C=O) groups excluding carboxylic acids is 1. The summed E-state index contributed by atoms with van der Waals surface area (Å²) < 4.78 is 34.5. The molecule has 106 heavy (non-hydrogen) atoms. The highest BCUT2D eigenvalue weighted by Crippen LogP contribution is 2.33. The maximum absolute atomic E-state index is 13.5. The lowest BCUT2D eigenvalue weighted by molar-refractivity contribution is -0.379.